The Bertz CT molecular complexity index is 756. The van der Waals surface area contributed by atoms with E-state index in [1.165, 1.54) is 5.69 Å². The Morgan fingerprint density at radius 2 is 1.86 bits per heavy atom. The van der Waals surface area contributed by atoms with Crippen LogP contribution in [0.15, 0.2) is 30.5 Å². The molecule has 2 aromatic rings. The summed E-state index contributed by atoms with van der Waals surface area (Å²) in [5.41, 5.74) is 1.45. The fourth-order valence-corrected chi connectivity index (χ4v) is 3.42. The van der Waals surface area contributed by atoms with Gasteiger partial charge in [0, 0.05) is 32.7 Å². The number of para-hydroxylation sites is 2. The Kier molecular flexibility index (Phi) is 7.25. The molecule has 0 atom stereocenters. The van der Waals surface area contributed by atoms with Crippen molar-refractivity contribution in [3.05, 3.63) is 36.2 Å². The lowest BCUT2D eigenvalue weighted by Gasteiger charge is -2.36. The summed E-state index contributed by atoms with van der Waals surface area (Å²) in [4.78, 5) is 16.5. The number of hydrogen-bond donors (Lipinski definition) is 0. The Labute approximate surface area is 166 Å². The van der Waals surface area contributed by atoms with Gasteiger partial charge in [-0.05, 0) is 38.4 Å². The molecule has 8 heteroatoms. The zero-order valence-electron chi connectivity index (χ0n) is 16.7. The van der Waals surface area contributed by atoms with Crippen LogP contribution in [0.1, 0.15) is 30.3 Å². The van der Waals surface area contributed by atoms with Crippen LogP contribution in [-0.2, 0) is 11.3 Å². The minimum atomic E-state index is -0.415. The van der Waals surface area contributed by atoms with Crippen molar-refractivity contribution in [1.29, 1.82) is 0 Å². The molecule has 3 rings (SSSR count). The van der Waals surface area contributed by atoms with Crippen LogP contribution >= 0.6 is 0 Å². The summed E-state index contributed by atoms with van der Waals surface area (Å²) in [5, 5.41) is 7.86. The predicted octanol–water partition coefficient (Wildman–Crippen LogP) is 2.07. The van der Waals surface area contributed by atoms with Gasteiger partial charge in [0.05, 0.1) is 25.6 Å². The van der Waals surface area contributed by atoms with Gasteiger partial charge in [-0.25, -0.2) is 4.79 Å². The van der Waals surface area contributed by atoms with Crippen molar-refractivity contribution in [3.63, 3.8) is 0 Å². The van der Waals surface area contributed by atoms with Crippen LogP contribution in [0.2, 0.25) is 0 Å². The van der Waals surface area contributed by atoms with E-state index in [1.807, 2.05) is 12.1 Å². The third-order valence-electron chi connectivity index (χ3n) is 4.93. The van der Waals surface area contributed by atoms with E-state index in [4.69, 9.17) is 9.47 Å². The summed E-state index contributed by atoms with van der Waals surface area (Å²) in [5.74, 6) is 0.521. The van der Waals surface area contributed by atoms with Crippen LogP contribution < -0.4 is 9.64 Å². The molecule has 0 unspecified atom stereocenters. The second kappa shape index (κ2) is 10.1. The van der Waals surface area contributed by atoms with E-state index in [1.54, 1.807) is 24.9 Å². The van der Waals surface area contributed by atoms with E-state index >= 15 is 0 Å². The van der Waals surface area contributed by atoms with Gasteiger partial charge < -0.3 is 14.4 Å². The predicted molar refractivity (Wildman–Crippen MR) is 107 cm³/mol. The van der Waals surface area contributed by atoms with Gasteiger partial charge in [0.1, 0.15) is 5.75 Å². The van der Waals surface area contributed by atoms with Crippen molar-refractivity contribution < 1.29 is 14.3 Å². The number of piperazine rings is 1. The average Bonchev–Trinajstić information content (AvgIpc) is 3.21. The summed E-state index contributed by atoms with van der Waals surface area (Å²) < 4.78 is 12.1. The van der Waals surface area contributed by atoms with E-state index in [2.05, 4.69) is 32.2 Å². The van der Waals surface area contributed by atoms with E-state index in [0.29, 0.717) is 6.61 Å². The molecule has 28 heavy (non-hydrogen) atoms. The molecule has 0 N–H and O–H groups in total. The summed E-state index contributed by atoms with van der Waals surface area (Å²) in [6.45, 7) is 8.06. The maximum Gasteiger partial charge on any atom is 0.360 e. The second-order valence-corrected chi connectivity index (χ2v) is 6.79. The van der Waals surface area contributed by atoms with Crippen LogP contribution in [-0.4, -0.2) is 72.3 Å². The van der Waals surface area contributed by atoms with E-state index < -0.39 is 5.97 Å². The zero-order valence-corrected chi connectivity index (χ0v) is 16.7. The molecule has 0 saturated carbocycles. The number of rotatable bonds is 9. The van der Waals surface area contributed by atoms with Crippen molar-refractivity contribution in [2.75, 3.05) is 51.3 Å². The number of ether oxygens (including phenoxy) is 2. The van der Waals surface area contributed by atoms with Crippen LogP contribution in [0.5, 0.6) is 5.75 Å². The van der Waals surface area contributed by atoms with Crippen LogP contribution in [0.4, 0.5) is 5.69 Å². The van der Waals surface area contributed by atoms with Crippen molar-refractivity contribution in [1.82, 2.24) is 19.9 Å². The number of carbonyl (C=O) groups excluding carboxylic acids is 1. The first-order valence-corrected chi connectivity index (χ1v) is 9.89. The smallest absolute Gasteiger partial charge is 0.360 e. The number of benzene rings is 1. The largest absolute Gasteiger partial charge is 0.495 e. The van der Waals surface area contributed by atoms with Gasteiger partial charge in [-0.15, -0.1) is 5.10 Å². The van der Waals surface area contributed by atoms with Crippen LogP contribution in [0, 0.1) is 0 Å². The number of unbranched alkanes of at least 4 members (excludes halogenated alkanes) is 1. The lowest BCUT2D eigenvalue weighted by Crippen LogP contribution is -2.46. The van der Waals surface area contributed by atoms with Crippen LogP contribution in [0.3, 0.4) is 0 Å². The molecule has 1 fully saturated rings. The molecule has 152 valence electrons. The Balaban J connectivity index is 1.36. The lowest BCUT2D eigenvalue weighted by atomic mass is 10.2. The molecule has 0 bridgehead atoms. The molecule has 0 spiro atoms. The first-order valence-electron chi connectivity index (χ1n) is 9.89. The number of nitrogens with zero attached hydrogens (tertiary/aromatic N) is 5. The first-order chi connectivity index (χ1) is 13.7. The minimum absolute atomic E-state index is 0.273. The second-order valence-electron chi connectivity index (χ2n) is 6.79. The maximum absolute atomic E-state index is 11.6. The van der Waals surface area contributed by atoms with Crippen LogP contribution in [0.25, 0.3) is 0 Å². The van der Waals surface area contributed by atoms with E-state index in [0.717, 1.165) is 57.9 Å². The molecule has 1 aliphatic heterocycles. The van der Waals surface area contributed by atoms with Gasteiger partial charge in [0.2, 0.25) is 0 Å². The Morgan fingerprint density at radius 1 is 1.11 bits per heavy atom. The molecule has 1 aliphatic rings. The summed E-state index contributed by atoms with van der Waals surface area (Å²) in [6.07, 6.45) is 3.74. The van der Waals surface area contributed by atoms with Gasteiger partial charge in [0.15, 0.2) is 5.69 Å². The molecule has 1 aromatic heterocycles. The first kappa shape index (κ1) is 20.1. The van der Waals surface area contributed by atoms with Gasteiger partial charge >= 0.3 is 5.97 Å². The van der Waals surface area contributed by atoms with Gasteiger partial charge in [-0.3, -0.25) is 9.58 Å². The molecule has 0 aliphatic carbocycles. The number of aryl methyl sites for hydroxylation is 1. The summed E-state index contributed by atoms with van der Waals surface area (Å²) in [7, 11) is 1.72. The van der Waals surface area contributed by atoms with E-state index in [-0.39, 0.29) is 5.69 Å². The highest BCUT2D eigenvalue weighted by Gasteiger charge is 2.19. The van der Waals surface area contributed by atoms with Gasteiger partial charge in [-0.2, -0.15) is 0 Å². The zero-order chi connectivity index (χ0) is 19.8. The van der Waals surface area contributed by atoms with Gasteiger partial charge in [-0.1, -0.05) is 17.3 Å². The monoisotopic (exact) mass is 387 g/mol. The number of carbonyl (C=O) groups is 1. The molecule has 1 saturated heterocycles. The Morgan fingerprint density at radius 3 is 2.61 bits per heavy atom. The average molecular weight is 387 g/mol. The van der Waals surface area contributed by atoms with Crippen molar-refractivity contribution >= 4 is 11.7 Å². The van der Waals surface area contributed by atoms with Crippen molar-refractivity contribution in [3.8, 4) is 5.75 Å². The topological polar surface area (TPSA) is 72.7 Å². The SMILES string of the molecule is CCOC(=O)c1cn(CCCCN2CCN(c3ccccc3OC)CC2)nn1. The van der Waals surface area contributed by atoms with Gasteiger partial charge in [0.25, 0.3) is 0 Å². The molecule has 0 radical (unpaired) electrons. The number of hydrogen-bond acceptors (Lipinski definition) is 7. The highest BCUT2D eigenvalue weighted by atomic mass is 16.5. The number of aromatic nitrogens is 3. The molecule has 1 aromatic carbocycles. The molecular weight excluding hydrogens is 358 g/mol. The highest BCUT2D eigenvalue weighted by molar-refractivity contribution is 5.86. The summed E-state index contributed by atoms with van der Waals surface area (Å²) >= 11 is 0. The minimum Gasteiger partial charge on any atom is -0.495 e. The summed E-state index contributed by atoms with van der Waals surface area (Å²) in [6, 6.07) is 8.20. The standard InChI is InChI=1S/C20H29N5O3/c1-3-28-20(26)17-16-25(22-21-17)11-7-6-10-23-12-14-24(15-13-23)18-8-4-5-9-19(18)27-2/h4-5,8-9,16H,3,6-7,10-15H2,1-2H3. The normalized spacial score (nSPS) is 14.9. The lowest BCUT2D eigenvalue weighted by molar-refractivity contribution is 0.0519. The Hall–Kier alpha value is -2.61. The molecule has 2 heterocycles. The molecule has 8 nitrogen and oxygen atoms in total. The number of methoxy groups -OCH3 is 1. The van der Waals surface area contributed by atoms with Crippen molar-refractivity contribution in [2.45, 2.75) is 26.3 Å². The van der Waals surface area contributed by atoms with E-state index in [9.17, 15) is 4.79 Å². The third kappa shape index (κ3) is 5.22. The molecular formula is C20H29N5O3. The van der Waals surface area contributed by atoms with Crippen molar-refractivity contribution in [2.24, 2.45) is 0 Å². The number of anilines is 1. The molecule has 0 amide bonds. The number of esters is 1. The third-order valence-corrected chi connectivity index (χ3v) is 4.93. The maximum atomic E-state index is 11.6. The fraction of sp³-hybridized carbons (Fsp3) is 0.550. The fourth-order valence-electron chi connectivity index (χ4n) is 3.42. The quantitative estimate of drug-likeness (QED) is 0.482. The highest BCUT2D eigenvalue weighted by Crippen LogP contribution is 2.28.